The Kier molecular flexibility index (Phi) is 4.63. The van der Waals surface area contributed by atoms with Gasteiger partial charge in [0.05, 0.1) is 7.11 Å². The smallest absolute Gasteiger partial charge is 0.411 e. The van der Waals surface area contributed by atoms with E-state index in [-0.39, 0.29) is 0 Å². The second kappa shape index (κ2) is 6.43. The molecule has 0 saturated heterocycles. The number of hydrogen-bond donors (Lipinski definition) is 1. The van der Waals surface area contributed by atoms with Gasteiger partial charge in [0.2, 0.25) is 0 Å². The summed E-state index contributed by atoms with van der Waals surface area (Å²) in [6, 6.07) is 9.68. The van der Waals surface area contributed by atoms with E-state index in [0.29, 0.717) is 6.61 Å². The summed E-state index contributed by atoms with van der Waals surface area (Å²) in [6.07, 6.45) is -0.476. The summed E-state index contributed by atoms with van der Waals surface area (Å²) in [5, 5.41) is 2.65. The van der Waals surface area contributed by atoms with E-state index in [1.54, 1.807) is 17.4 Å². The van der Waals surface area contributed by atoms with E-state index < -0.39 is 6.09 Å². The maximum atomic E-state index is 11.2. The van der Waals surface area contributed by atoms with Crippen molar-refractivity contribution in [1.29, 1.82) is 0 Å². The van der Waals surface area contributed by atoms with Gasteiger partial charge >= 0.3 is 6.09 Å². The van der Waals surface area contributed by atoms with Gasteiger partial charge in [0.1, 0.15) is 12.4 Å². The molecule has 1 aromatic heterocycles. The van der Waals surface area contributed by atoms with Crippen molar-refractivity contribution in [2.24, 2.45) is 0 Å². The fourth-order valence-electron chi connectivity index (χ4n) is 1.74. The molecule has 4 nitrogen and oxygen atoms in total. The van der Waals surface area contributed by atoms with E-state index in [2.05, 4.69) is 29.1 Å². The van der Waals surface area contributed by atoms with Crippen LogP contribution in [-0.4, -0.2) is 13.2 Å². The lowest BCUT2D eigenvalue weighted by molar-refractivity contribution is 0.187. The highest BCUT2D eigenvalue weighted by Gasteiger charge is 2.05. The molecule has 1 amide bonds. The average molecular weight is 291 g/mol. The van der Waals surface area contributed by atoms with Crippen LogP contribution in [0.4, 0.5) is 10.5 Å². The second-order valence-corrected chi connectivity index (χ2v) is 5.77. The first-order chi connectivity index (χ1) is 9.58. The normalized spacial score (nSPS) is 10.2. The third-order valence-corrected chi connectivity index (χ3v) is 3.77. The lowest BCUT2D eigenvalue weighted by Gasteiger charge is -2.10. The van der Waals surface area contributed by atoms with Crippen LogP contribution in [0.2, 0.25) is 0 Å². The van der Waals surface area contributed by atoms with Crippen LogP contribution in [0.1, 0.15) is 15.3 Å². The molecular formula is C15H17NO3S. The number of benzene rings is 1. The molecule has 20 heavy (non-hydrogen) atoms. The van der Waals surface area contributed by atoms with Crippen molar-refractivity contribution >= 4 is 23.1 Å². The minimum atomic E-state index is -0.476. The second-order valence-electron chi connectivity index (χ2n) is 4.39. The molecule has 1 N–H and O–H groups in total. The van der Waals surface area contributed by atoms with Gasteiger partial charge in [0, 0.05) is 15.4 Å². The number of ether oxygens (including phenoxy) is 2. The number of hydrogen-bond acceptors (Lipinski definition) is 4. The summed E-state index contributed by atoms with van der Waals surface area (Å²) in [5.74, 6) is 0.781. The van der Waals surface area contributed by atoms with E-state index in [1.807, 2.05) is 19.1 Å². The highest BCUT2D eigenvalue weighted by molar-refractivity contribution is 7.11. The van der Waals surface area contributed by atoms with Gasteiger partial charge < -0.3 is 9.47 Å². The molecule has 2 aromatic rings. The molecule has 0 aliphatic carbocycles. The zero-order valence-corrected chi connectivity index (χ0v) is 12.5. The number of aryl methyl sites for hydroxylation is 2. The first kappa shape index (κ1) is 14.4. The first-order valence-electron chi connectivity index (χ1n) is 6.22. The van der Waals surface area contributed by atoms with Crippen LogP contribution in [0, 0.1) is 13.8 Å². The Morgan fingerprint density at radius 1 is 1.25 bits per heavy atom. The third-order valence-electron chi connectivity index (χ3n) is 2.80. The van der Waals surface area contributed by atoms with E-state index >= 15 is 0 Å². The van der Waals surface area contributed by atoms with Gasteiger partial charge in [-0.3, -0.25) is 5.32 Å². The fraction of sp³-hybridized carbons (Fsp3) is 0.267. The van der Waals surface area contributed by atoms with Crippen LogP contribution in [0.5, 0.6) is 5.75 Å². The van der Waals surface area contributed by atoms with E-state index in [0.717, 1.165) is 17.0 Å². The predicted octanol–water partition coefficient (Wildman–Crippen LogP) is 4.12. The number of carbonyl (C=O) groups excluding carboxylic acids is 1. The molecule has 0 spiro atoms. The van der Waals surface area contributed by atoms with Crippen molar-refractivity contribution < 1.29 is 14.3 Å². The molecule has 0 atom stereocenters. The molecule has 2 rings (SSSR count). The van der Waals surface area contributed by atoms with Crippen LogP contribution in [0.15, 0.2) is 30.3 Å². The molecule has 0 aliphatic rings. The van der Waals surface area contributed by atoms with Crippen molar-refractivity contribution in [2.75, 3.05) is 12.4 Å². The van der Waals surface area contributed by atoms with Crippen molar-refractivity contribution in [3.8, 4) is 5.75 Å². The molecule has 0 fully saturated rings. The van der Waals surface area contributed by atoms with Gasteiger partial charge in [0.15, 0.2) is 0 Å². The third kappa shape index (κ3) is 3.74. The Hall–Kier alpha value is -2.01. The van der Waals surface area contributed by atoms with E-state index in [4.69, 9.17) is 4.74 Å². The molecule has 1 heterocycles. The molecule has 0 saturated carbocycles. The van der Waals surface area contributed by atoms with Gasteiger partial charge in [-0.15, -0.1) is 11.3 Å². The summed E-state index contributed by atoms with van der Waals surface area (Å²) in [7, 11) is 1.34. The Bertz CT molecular complexity index is 607. The number of anilines is 1. The topological polar surface area (TPSA) is 47.6 Å². The van der Waals surface area contributed by atoms with Crippen LogP contribution in [0.3, 0.4) is 0 Å². The highest BCUT2D eigenvalue weighted by atomic mass is 32.1. The van der Waals surface area contributed by atoms with Crippen molar-refractivity contribution in [3.63, 3.8) is 0 Å². The van der Waals surface area contributed by atoms with Gasteiger partial charge in [0.25, 0.3) is 0 Å². The van der Waals surface area contributed by atoms with E-state index in [1.165, 1.54) is 16.9 Å². The minimum Gasteiger partial charge on any atom is -0.488 e. The maximum absolute atomic E-state index is 11.2. The van der Waals surface area contributed by atoms with Gasteiger partial charge in [-0.2, -0.15) is 0 Å². The summed E-state index contributed by atoms with van der Waals surface area (Å²) >= 11 is 1.73. The monoisotopic (exact) mass is 291 g/mol. The van der Waals surface area contributed by atoms with Crippen molar-refractivity contribution in [2.45, 2.75) is 20.5 Å². The largest absolute Gasteiger partial charge is 0.488 e. The summed E-state index contributed by atoms with van der Waals surface area (Å²) in [5.41, 5.74) is 1.64. The fourth-order valence-corrected chi connectivity index (χ4v) is 2.55. The van der Waals surface area contributed by atoms with E-state index in [9.17, 15) is 4.79 Å². The van der Waals surface area contributed by atoms with Crippen molar-refractivity contribution in [1.82, 2.24) is 0 Å². The molecule has 1 aromatic carbocycles. The summed E-state index contributed by atoms with van der Waals surface area (Å²) < 4.78 is 10.3. The summed E-state index contributed by atoms with van der Waals surface area (Å²) in [6.45, 7) is 4.54. The molecule has 106 valence electrons. The van der Waals surface area contributed by atoms with Crippen LogP contribution in [0.25, 0.3) is 0 Å². The van der Waals surface area contributed by atoms with Crippen LogP contribution >= 0.6 is 11.3 Å². The Morgan fingerprint density at radius 2 is 2.05 bits per heavy atom. The zero-order chi connectivity index (χ0) is 14.5. The standard InChI is InChI=1S/C15H17NO3S/c1-10-8-12(5-7-14(10)16-15(17)18-3)19-9-13-6-4-11(2)20-13/h4-8H,9H2,1-3H3,(H,16,17). The molecule has 0 aliphatic heterocycles. The van der Waals surface area contributed by atoms with Crippen LogP contribution in [-0.2, 0) is 11.3 Å². The first-order valence-corrected chi connectivity index (χ1v) is 7.04. The van der Waals surface area contributed by atoms with Gasteiger partial charge in [-0.1, -0.05) is 0 Å². The molecule has 0 bridgehead atoms. The Labute approximate surface area is 122 Å². The highest BCUT2D eigenvalue weighted by Crippen LogP contribution is 2.23. The van der Waals surface area contributed by atoms with Gasteiger partial charge in [-0.05, 0) is 49.7 Å². The number of methoxy groups -OCH3 is 1. The Morgan fingerprint density at radius 3 is 2.65 bits per heavy atom. The number of thiophene rings is 1. The molecule has 0 unspecified atom stereocenters. The maximum Gasteiger partial charge on any atom is 0.411 e. The lowest BCUT2D eigenvalue weighted by Crippen LogP contribution is -2.11. The minimum absolute atomic E-state index is 0.476. The predicted molar refractivity (Wildman–Crippen MR) is 80.6 cm³/mol. The van der Waals surface area contributed by atoms with Crippen molar-refractivity contribution in [3.05, 3.63) is 45.6 Å². The van der Waals surface area contributed by atoms with Gasteiger partial charge in [-0.25, -0.2) is 4.79 Å². The number of carbonyl (C=O) groups is 1. The molecule has 5 heteroatoms. The number of nitrogens with one attached hydrogen (secondary N) is 1. The number of amides is 1. The quantitative estimate of drug-likeness (QED) is 0.921. The molecule has 0 radical (unpaired) electrons. The molecular weight excluding hydrogens is 274 g/mol. The zero-order valence-electron chi connectivity index (χ0n) is 11.7. The van der Waals surface area contributed by atoms with Crippen LogP contribution < -0.4 is 10.1 Å². The SMILES string of the molecule is COC(=O)Nc1ccc(OCc2ccc(C)s2)cc1C. The average Bonchev–Trinajstić information content (AvgIpc) is 2.85. The lowest BCUT2D eigenvalue weighted by atomic mass is 10.2. The number of rotatable bonds is 4. The Balaban J connectivity index is 1.99. The summed E-state index contributed by atoms with van der Waals surface area (Å²) in [4.78, 5) is 13.6.